The van der Waals surface area contributed by atoms with Gasteiger partial charge in [0.25, 0.3) is 0 Å². The first-order valence-electron chi connectivity index (χ1n) is 6.17. The highest BCUT2D eigenvalue weighted by Crippen LogP contribution is 2.24. The van der Waals surface area contributed by atoms with Crippen molar-refractivity contribution in [2.75, 3.05) is 12.4 Å². The Morgan fingerprint density at radius 2 is 1.95 bits per heavy atom. The first-order valence-corrected chi connectivity index (χ1v) is 7.89. The lowest BCUT2D eigenvalue weighted by Gasteiger charge is -2.20. The van der Waals surface area contributed by atoms with Gasteiger partial charge in [0.2, 0.25) is 10.0 Å². The molecule has 0 unspecified atom stereocenters. The lowest BCUT2D eigenvalue weighted by Crippen LogP contribution is -2.27. The monoisotopic (exact) mass is 316 g/mol. The van der Waals surface area contributed by atoms with E-state index in [2.05, 4.69) is 5.32 Å². The molecule has 0 fully saturated rings. The molecule has 0 saturated carbocycles. The zero-order valence-electron chi connectivity index (χ0n) is 12.5. The van der Waals surface area contributed by atoms with Crippen LogP contribution >= 0.6 is 0 Å². The molecule has 0 radical (unpaired) electrons. The Hall–Kier alpha value is -1.80. The quantitative estimate of drug-likeness (QED) is 0.881. The summed E-state index contributed by atoms with van der Waals surface area (Å²) in [4.78, 5) is 11.8. The van der Waals surface area contributed by atoms with Gasteiger partial charge >= 0.3 is 6.09 Å². The topological polar surface area (TPSA) is 108 Å². The van der Waals surface area contributed by atoms with E-state index < -0.39 is 27.5 Å². The number of nitrogens with two attached hydrogens (primary N) is 1. The second-order valence-corrected chi connectivity index (χ2v) is 7.07. The van der Waals surface area contributed by atoms with Crippen LogP contribution in [0.25, 0.3) is 0 Å². The van der Waals surface area contributed by atoms with Gasteiger partial charge in [-0.05, 0) is 32.4 Å². The van der Waals surface area contributed by atoms with Gasteiger partial charge in [0, 0.05) is 6.07 Å². The van der Waals surface area contributed by atoms with E-state index in [1.165, 1.54) is 19.2 Å². The summed E-state index contributed by atoms with van der Waals surface area (Å²) < 4.78 is 32.6. The highest BCUT2D eigenvalue weighted by atomic mass is 32.2. The summed E-state index contributed by atoms with van der Waals surface area (Å²) in [5.41, 5.74) is -0.0370. The van der Waals surface area contributed by atoms with Crippen molar-refractivity contribution in [1.82, 2.24) is 0 Å². The molecule has 0 bridgehead atoms. The number of ether oxygens (including phenoxy) is 2. The Morgan fingerprint density at radius 3 is 2.43 bits per heavy atom. The van der Waals surface area contributed by atoms with E-state index >= 15 is 0 Å². The molecule has 21 heavy (non-hydrogen) atoms. The first kappa shape index (κ1) is 17.3. The molecule has 0 spiro atoms. The van der Waals surface area contributed by atoms with Crippen molar-refractivity contribution in [2.24, 2.45) is 5.14 Å². The Kier molecular flexibility index (Phi) is 5.19. The fourth-order valence-corrected chi connectivity index (χ4v) is 2.24. The third kappa shape index (κ3) is 6.46. The van der Waals surface area contributed by atoms with Crippen LogP contribution in [0.5, 0.6) is 5.75 Å². The van der Waals surface area contributed by atoms with Gasteiger partial charge in [-0.25, -0.2) is 18.4 Å². The maximum atomic E-state index is 11.8. The van der Waals surface area contributed by atoms with Crippen LogP contribution in [0.2, 0.25) is 0 Å². The molecule has 1 aromatic carbocycles. The maximum absolute atomic E-state index is 11.8. The highest BCUT2D eigenvalue weighted by molar-refractivity contribution is 7.88. The average molecular weight is 316 g/mol. The highest BCUT2D eigenvalue weighted by Gasteiger charge is 2.18. The number of hydrogen-bond donors (Lipinski definition) is 2. The standard InChI is InChI=1S/C13H20N2O5S/c1-13(2,3)20-12(16)15-11-7-10(19-4)6-5-9(11)8-21(14,17)18/h5-7H,8H2,1-4H3,(H,15,16)(H2,14,17,18). The number of rotatable bonds is 4. The number of nitrogens with one attached hydrogen (secondary N) is 1. The van der Waals surface area contributed by atoms with E-state index in [1.807, 2.05) is 0 Å². The molecule has 1 aromatic rings. The summed E-state index contributed by atoms with van der Waals surface area (Å²) in [5, 5.41) is 7.54. The first-order chi connectivity index (χ1) is 9.50. The molecule has 1 amide bonds. The van der Waals surface area contributed by atoms with E-state index in [4.69, 9.17) is 14.6 Å². The van der Waals surface area contributed by atoms with Gasteiger partial charge in [-0.1, -0.05) is 6.07 Å². The van der Waals surface area contributed by atoms with Gasteiger partial charge in [-0.3, -0.25) is 5.32 Å². The van der Waals surface area contributed by atoms with Crippen molar-refractivity contribution < 1.29 is 22.7 Å². The normalized spacial score (nSPS) is 11.9. The summed E-state index contributed by atoms with van der Waals surface area (Å²) >= 11 is 0. The van der Waals surface area contributed by atoms with E-state index in [-0.39, 0.29) is 5.69 Å². The molecule has 0 heterocycles. The van der Waals surface area contributed by atoms with Crippen LogP contribution in [0.1, 0.15) is 26.3 Å². The number of sulfonamides is 1. The molecule has 0 aliphatic rings. The number of carbonyl (C=O) groups excluding carboxylic acids is 1. The third-order valence-corrected chi connectivity index (χ3v) is 3.02. The van der Waals surface area contributed by atoms with Crippen LogP contribution in [0.4, 0.5) is 10.5 Å². The van der Waals surface area contributed by atoms with Gasteiger partial charge < -0.3 is 9.47 Å². The van der Waals surface area contributed by atoms with Crippen LogP contribution < -0.4 is 15.2 Å². The smallest absolute Gasteiger partial charge is 0.412 e. The lowest BCUT2D eigenvalue weighted by atomic mass is 10.2. The van der Waals surface area contributed by atoms with E-state index in [0.29, 0.717) is 11.3 Å². The predicted molar refractivity (Wildman–Crippen MR) is 79.7 cm³/mol. The summed E-state index contributed by atoms with van der Waals surface area (Å²) in [7, 11) is -2.26. The van der Waals surface area contributed by atoms with E-state index in [9.17, 15) is 13.2 Å². The van der Waals surface area contributed by atoms with Crippen LogP contribution in [0.3, 0.4) is 0 Å². The Balaban J connectivity index is 3.04. The van der Waals surface area contributed by atoms with Gasteiger partial charge in [0.15, 0.2) is 0 Å². The molecule has 0 aliphatic carbocycles. The van der Waals surface area contributed by atoms with Crippen molar-refractivity contribution in [3.8, 4) is 5.75 Å². The summed E-state index contributed by atoms with van der Waals surface area (Å²) in [6.45, 7) is 5.18. The van der Waals surface area contributed by atoms with Gasteiger partial charge in [0.1, 0.15) is 11.4 Å². The second kappa shape index (κ2) is 6.31. The Labute approximate surface area is 124 Å². The van der Waals surface area contributed by atoms with Crippen molar-refractivity contribution in [1.29, 1.82) is 0 Å². The molecule has 7 nitrogen and oxygen atoms in total. The molecule has 0 aliphatic heterocycles. The fraction of sp³-hybridized carbons (Fsp3) is 0.462. The van der Waals surface area contributed by atoms with Crippen molar-refractivity contribution in [2.45, 2.75) is 32.1 Å². The summed E-state index contributed by atoms with van der Waals surface area (Å²) in [6.07, 6.45) is -0.688. The van der Waals surface area contributed by atoms with Crippen molar-refractivity contribution in [3.63, 3.8) is 0 Å². The van der Waals surface area contributed by atoms with Gasteiger partial charge in [-0.2, -0.15) is 0 Å². The Morgan fingerprint density at radius 1 is 1.33 bits per heavy atom. The molecule has 0 atom stereocenters. The molecular weight excluding hydrogens is 296 g/mol. The van der Waals surface area contributed by atoms with E-state index in [0.717, 1.165) is 0 Å². The van der Waals surface area contributed by atoms with Crippen molar-refractivity contribution in [3.05, 3.63) is 23.8 Å². The molecule has 1 rings (SSSR count). The number of primary sulfonamides is 1. The van der Waals surface area contributed by atoms with Crippen LogP contribution in [0.15, 0.2) is 18.2 Å². The minimum Gasteiger partial charge on any atom is -0.497 e. The molecule has 3 N–H and O–H groups in total. The van der Waals surface area contributed by atoms with Crippen LogP contribution in [-0.2, 0) is 20.5 Å². The Bertz CT molecular complexity index is 620. The number of carbonyl (C=O) groups is 1. The van der Waals surface area contributed by atoms with Gasteiger partial charge in [-0.15, -0.1) is 0 Å². The number of hydrogen-bond acceptors (Lipinski definition) is 5. The second-order valence-electron chi connectivity index (χ2n) is 5.46. The van der Waals surface area contributed by atoms with Crippen LogP contribution in [-0.4, -0.2) is 27.2 Å². The third-order valence-electron chi connectivity index (χ3n) is 2.31. The summed E-state index contributed by atoms with van der Waals surface area (Å²) in [5.74, 6) is 0.0708. The van der Waals surface area contributed by atoms with E-state index in [1.54, 1.807) is 26.8 Å². The minimum atomic E-state index is -3.72. The summed E-state index contributed by atoms with van der Waals surface area (Å²) in [6, 6.07) is 4.61. The SMILES string of the molecule is COc1ccc(CS(N)(=O)=O)c(NC(=O)OC(C)(C)C)c1. The zero-order valence-corrected chi connectivity index (χ0v) is 13.3. The molecule has 0 aromatic heterocycles. The zero-order chi connectivity index (χ0) is 16.3. The maximum Gasteiger partial charge on any atom is 0.412 e. The molecular formula is C13H20N2O5S. The number of benzene rings is 1. The number of amides is 1. The predicted octanol–water partition coefficient (Wildman–Crippen LogP) is 1.83. The lowest BCUT2D eigenvalue weighted by molar-refractivity contribution is 0.0635. The van der Waals surface area contributed by atoms with Crippen molar-refractivity contribution >= 4 is 21.8 Å². The van der Waals surface area contributed by atoms with Gasteiger partial charge in [0.05, 0.1) is 18.6 Å². The number of methoxy groups -OCH3 is 1. The molecule has 0 saturated heterocycles. The molecule has 118 valence electrons. The minimum absolute atomic E-state index is 0.276. The average Bonchev–Trinajstić information content (AvgIpc) is 2.27. The fourth-order valence-electron chi connectivity index (χ4n) is 1.56. The largest absolute Gasteiger partial charge is 0.497 e. The number of anilines is 1. The van der Waals surface area contributed by atoms with Crippen LogP contribution in [0, 0.1) is 0 Å². The molecule has 8 heteroatoms.